The molecule has 27 heavy (non-hydrogen) atoms. The summed E-state index contributed by atoms with van der Waals surface area (Å²) in [5.41, 5.74) is 3.73. The van der Waals surface area contributed by atoms with E-state index in [2.05, 4.69) is 74.7 Å². The van der Waals surface area contributed by atoms with Crippen molar-refractivity contribution in [1.82, 2.24) is 9.55 Å². The number of aryl methyl sites for hydroxylation is 1. The monoisotopic (exact) mass is 364 g/mol. The van der Waals surface area contributed by atoms with Gasteiger partial charge in [-0.15, -0.1) is 0 Å². The second-order valence-electron chi connectivity index (χ2n) is 8.29. The minimum atomic E-state index is 0.158. The van der Waals surface area contributed by atoms with Gasteiger partial charge in [0.2, 0.25) is 0 Å². The number of nitrogens with zero attached hydrogens (tertiary/aromatic N) is 2. The molecule has 0 amide bonds. The Morgan fingerprint density at radius 3 is 2.37 bits per heavy atom. The quantitative estimate of drug-likeness (QED) is 0.427. The maximum absolute atomic E-state index is 6.07. The molecule has 0 aliphatic rings. The Bertz CT molecular complexity index is 856. The van der Waals surface area contributed by atoms with Crippen molar-refractivity contribution in [3.05, 3.63) is 59.9 Å². The molecule has 1 heterocycles. The lowest BCUT2D eigenvalue weighted by atomic mass is 9.87. The van der Waals surface area contributed by atoms with Crippen LogP contribution in [0.25, 0.3) is 11.0 Å². The van der Waals surface area contributed by atoms with Gasteiger partial charge in [0, 0.05) is 6.54 Å². The summed E-state index contributed by atoms with van der Waals surface area (Å²) in [5.74, 6) is 1.90. The molecular formula is C24H32N2O. The third-order valence-corrected chi connectivity index (χ3v) is 5.06. The summed E-state index contributed by atoms with van der Waals surface area (Å²) in [6.07, 6.45) is 4.99. The molecule has 0 fully saturated rings. The molecule has 144 valence electrons. The summed E-state index contributed by atoms with van der Waals surface area (Å²) in [7, 11) is 0. The zero-order valence-corrected chi connectivity index (χ0v) is 17.2. The van der Waals surface area contributed by atoms with Crippen molar-refractivity contribution in [1.29, 1.82) is 0 Å². The van der Waals surface area contributed by atoms with Gasteiger partial charge in [0.05, 0.1) is 11.0 Å². The molecule has 0 bridgehead atoms. The van der Waals surface area contributed by atoms with E-state index in [1.807, 2.05) is 6.07 Å². The van der Waals surface area contributed by atoms with Crippen molar-refractivity contribution < 1.29 is 4.74 Å². The van der Waals surface area contributed by atoms with Gasteiger partial charge < -0.3 is 9.30 Å². The first-order chi connectivity index (χ1) is 13.0. The third kappa shape index (κ3) is 4.91. The molecule has 3 aromatic rings. The number of para-hydroxylation sites is 2. The zero-order chi connectivity index (χ0) is 19.3. The Labute approximate surface area is 163 Å². The Kier molecular flexibility index (Phi) is 6.20. The van der Waals surface area contributed by atoms with E-state index in [1.54, 1.807) is 0 Å². The van der Waals surface area contributed by atoms with Crippen LogP contribution in [-0.2, 0) is 18.6 Å². The average molecular weight is 365 g/mol. The summed E-state index contributed by atoms with van der Waals surface area (Å²) >= 11 is 0. The largest absolute Gasteiger partial charge is 0.486 e. The highest BCUT2D eigenvalue weighted by molar-refractivity contribution is 5.75. The van der Waals surface area contributed by atoms with Gasteiger partial charge in [-0.2, -0.15) is 0 Å². The first-order valence-electron chi connectivity index (χ1n) is 10.2. The minimum Gasteiger partial charge on any atom is -0.486 e. The van der Waals surface area contributed by atoms with Gasteiger partial charge in [0.1, 0.15) is 18.2 Å². The van der Waals surface area contributed by atoms with E-state index in [1.165, 1.54) is 36.8 Å². The van der Waals surface area contributed by atoms with E-state index in [-0.39, 0.29) is 5.41 Å². The number of imidazole rings is 1. The fraction of sp³-hybridized carbons (Fsp3) is 0.458. The molecule has 1 aromatic heterocycles. The molecule has 0 spiro atoms. The van der Waals surface area contributed by atoms with Crippen molar-refractivity contribution in [2.45, 2.75) is 71.9 Å². The number of unbranched alkanes of at least 4 members (excludes halogenated alkanes) is 3. The lowest BCUT2D eigenvalue weighted by molar-refractivity contribution is 0.289. The normalized spacial score (nSPS) is 11.9. The minimum absolute atomic E-state index is 0.158. The van der Waals surface area contributed by atoms with E-state index >= 15 is 0 Å². The fourth-order valence-corrected chi connectivity index (χ4v) is 3.38. The summed E-state index contributed by atoms with van der Waals surface area (Å²) in [5, 5.41) is 0. The Balaban J connectivity index is 1.73. The van der Waals surface area contributed by atoms with Crippen molar-refractivity contribution in [3.8, 4) is 5.75 Å². The number of hydrogen-bond donors (Lipinski definition) is 0. The van der Waals surface area contributed by atoms with E-state index < -0.39 is 0 Å². The second kappa shape index (κ2) is 8.60. The van der Waals surface area contributed by atoms with E-state index in [4.69, 9.17) is 9.72 Å². The molecule has 0 aliphatic carbocycles. The molecule has 0 unspecified atom stereocenters. The molecule has 0 saturated carbocycles. The van der Waals surface area contributed by atoms with E-state index in [0.717, 1.165) is 23.6 Å². The van der Waals surface area contributed by atoms with Gasteiger partial charge in [-0.05, 0) is 41.7 Å². The van der Waals surface area contributed by atoms with Crippen LogP contribution in [0.1, 0.15) is 64.8 Å². The van der Waals surface area contributed by atoms with Crippen LogP contribution in [0.3, 0.4) is 0 Å². The molecular weight excluding hydrogens is 332 g/mol. The van der Waals surface area contributed by atoms with Gasteiger partial charge in [-0.1, -0.05) is 71.2 Å². The number of fused-ring (bicyclic) bond motifs is 1. The smallest absolute Gasteiger partial charge is 0.147 e. The van der Waals surface area contributed by atoms with Crippen LogP contribution < -0.4 is 4.74 Å². The molecule has 2 aromatic carbocycles. The summed E-state index contributed by atoms with van der Waals surface area (Å²) in [6.45, 7) is 10.4. The summed E-state index contributed by atoms with van der Waals surface area (Å²) < 4.78 is 8.40. The van der Waals surface area contributed by atoms with Crippen LogP contribution >= 0.6 is 0 Å². The molecule has 0 aliphatic heterocycles. The topological polar surface area (TPSA) is 27.1 Å². The van der Waals surface area contributed by atoms with Crippen LogP contribution in [0.5, 0.6) is 5.75 Å². The summed E-state index contributed by atoms with van der Waals surface area (Å²) in [4.78, 5) is 4.82. The molecule has 0 saturated heterocycles. The Morgan fingerprint density at radius 1 is 0.926 bits per heavy atom. The predicted octanol–water partition coefficient (Wildman–Crippen LogP) is 6.49. The second-order valence-corrected chi connectivity index (χ2v) is 8.29. The van der Waals surface area contributed by atoms with Gasteiger partial charge in [0.15, 0.2) is 0 Å². The number of aromatic nitrogens is 2. The number of hydrogen-bond acceptors (Lipinski definition) is 2. The highest BCUT2D eigenvalue weighted by Gasteiger charge is 2.14. The highest BCUT2D eigenvalue weighted by Crippen LogP contribution is 2.25. The van der Waals surface area contributed by atoms with Gasteiger partial charge in [-0.25, -0.2) is 4.98 Å². The van der Waals surface area contributed by atoms with Gasteiger partial charge in [-0.3, -0.25) is 0 Å². The average Bonchev–Trinajstić information content (AvgIpc) is 3.01. The molecule has 0 N–H and O–H groups in total. The zero-order valence-electron chi connectivity index (χ0n) is 17.2. The van der Waals surface area contributed by atoms with E-state index in [0.29, 0.717) is 6.61 Å². The lowest BCUT2D eigenvalue weighted by Crippen LogP contribution is -2.11. The first kappa shape index (κ1) is 19.5. The maximum Gasteiger partial charge on any atom is 0.147 e. The standard InChI is InChI=1S/C24H32N2O/c1-5-6-7-10-17-26-22-12-9-8-11-21(22)25-23(26)18-27-20-15-13-19(14-16-20)24(2,3)4/h8-9,11-16H,5-7,10,17-18H2,1-4H3. The summed E-state index contributed by atoms with van der Waals surface area (Å²) in [6, 6.07) is 16.8. The van der Waals surface area contributed by atoms with Crippen molar-refractivity contribution in [3.63, 3.8) is 0 Å². The van der Waals surface area contributed by atoms with Crippen LogP contribution in [0.4, 0.5) is 0 Å². The maximum atomic E-state index is 6.07. The highest BCUT2D eigenvalue weighted by atomic mass is 16.5. The van der Waals surface area contributed by atoms with Crippen molar-refractivity contribution >= 4 is 11.0 Å². The number of rotatable bonds is 8. The van der Waals surface area contributed by atoms with Crippen LogP contribution in [0.15, 0.2) is 48.5 Å². The van der Waals surface area contributed by atoms with E-state index in [9.17, 15) is 0 Å². The van der Waals surface area contributed by atoms with Crippen molar-refractivity contribution in [2.75, 3.05) is 0 Å². The fourth-order valence-electron chi connectivity index (χ4n) is 3.38. The Hall–Kier alpha value is -2.29. The van der Waals surface area contributed by atoms with Crippen molar-refractivity contribution in [2.24, 2.45) is 0 Å². The number of ether oxygens (including phenoxy) is 1. The van der Waals surface area contributed by atoms with Crippen LogP contribution in [-0.4, -0.2) is 9.55 Å². The van der Waals surface area contributed by atoms with Crippen LogP contribution in [0.2, 0.25) is 0 Å². The molecule has 3 nitrogen and oxygen atoms in total. The number of benzene rings is 2. The molecule has 0 radical (unpaired) electrons. The van der Waals surface area contributed by atoms with Gasteiger partial charge in [0.25, 0.3) is 0 Å². The lowest BCUT2D eigenvalue weighted by Gasteiger charge is -2.19. The van der Waals surface area contributed by atoms with Crippen LogP contribution in [0, 0.1) is 0 Å². The molecule has 3 heteroatoms. The first-order valence-corrected chi connectivity index (χ1v) is 10.2. The molecule has 3 rings (SSSR count). The third-order valence-electron chi connectivity index (χ3n) is 5.06. The predicted molar refractivity (Wildman–Crippen MR) is 113 cm³/mol. The SMILES string of the molecule is CCCCCCn1c(COc2ccc(C(C)(C)C)cc2)nc2ccccc21. The Morgan fingerprint density at radius 2 is 1.67 bits per heavy atom. The molecule has 0 atom stereocenters. The van der Waals surface area contributed by atoms with Gasteiger partial charge >= 0.3 is 0 Å².